The zero-order chi connectivity index (χ0) is 12.8. The van der Waals surface area contributed by atoms with Crippen molar-refractivity contribution in [2.24, 2.45) is 11.1 Å². The first-order chi connectivity index (χ1) is 7.25. The highest BCUT2D eigenvalue weighted by molar-refractivity contribution is 5.82. The fourth-order valence-electron chi connectivity index (χ4n) is 1.10. The molecule has 0 saturated carbocycles. The minimum absolute atomic E-state index is 0.0356. The van der Waals surface area contributed by atoms with Gasteiger partial charge in [0, 0.05) is 19.5 Å². The van der Waals surface area contributed by atoms with Crippen LogP contribution >= 0.6 is 0 Å². The first-order valence-corrected chi connectivity index (χ1v) is 5.30. The maximum Gasteiger partial charge on any atom is 0.389 e. The van der Waals surface area contributed by atoms with Crippen LogP contribution in [0.4, 0.5) is 13.2 Å². The highest BCUT2D eigenvalue weighted by Crippen LogP contribution is 2.21. The maximum atomic E-state index is 11.8. The van der Waals surface area contributed by atoms with Gasteiger partial charge in [-0.1, -0.05) is 6.92 Å². The zero-order valence-corrected chi connectivity index (χ0v) is 9.66. The second-order valence-electron chi connectivity index (χ2n) is 4.09. The number of nitrogens with two attached hydrogens (primary N) is 1. The molecule has 0 aliphatic rings. The van der Waals surface area contributed by atoms with Crippen molar-refractivity contribution in [3.63, 3.8) is 0 Å². The van der Waals surface area contributed by atoms with Gasteiger partial charge in [0.05, 0.1) is 5.41 Å². The Morgan fingerprint density at radius 1 is 1.38 bits per heavy atom. The SMILES string of the molecule is CCC(C)(CN)C(=O)NCCCC(F)(F)F. The van der Waals surface area contributed by atoms with Crippen LogP contribution in [0.2, 0.25) is 0 Å². The van der Waals surface area contributed by atoms with E-state index in [9.17, 15) is 18.0 Å². The minimum Gasteiger partial charge on any atom is -0.356 e. The van der Waals surface area contributed by atoms with Gasteiger partial charge in [0.1, 0.15) is 0 Å². The maximum absolute atomic E-state index is 11.8. The molecular weight excluding hydrogens is 221 g/mol. The van der Waals surface area contributed by atoms with Gasteiger partial charge in [-0.15, -0.1) is 0 Å². The summed E-state index contributed by atoms with van der Waals surface area (Å²) in [7, 11) is 0. The van der Waals surface area contributed by atoms with Crippen molar-refractivity contribution in [3.05, 3.63) is 0 Å². The highest BCUT2D eigenvalue weighted by atomic mass is 19.4. The monoisotopic (exact) mass is 240 g/mol. The van der Waals surface area contributed by atoms with Crippen molar-refractivity contribution >= 4 is 5.91 Å². The normalized spacial score (nSPS) is 15.6. The summed E-state index contributed by atoms with van der Waals surface area (Å²) in [6.07, 6.45) is -4.57. The van der Waals surface area contributed by atoms with Gasteiger partial charge in [0.15, 0.2) is 0 Å². The van der Waals surface area contributed by atoms with E-state index in [0.717, 1.165) is 0 Å². The summed E-state index contributed by atoms with van der Waals surface area (Å²) in [6, 6.07) is 0. The third-order valence-electron chi connectivity index (χ3n) is 2.70. The molecule has 0 bridgehead atoms. The number of hydrogen-bond donors (Lipinski definition) is 2. The Balaban J connectivity index is 3.90. The molecule has 0 spiro atoms. The highest BCUT2D eigenvalue weighted by Gasteiger charge is 2.30. The Morgan fingerprint density at radius 2 is 1.94 bits per heavy atom. The van der Waals surface area contributed by atoms with Crippen LogP contribution in [-0.4, -0.2) is 25.2 Å². The fourth-order valence-corrected chi connectivity index (χ4v) is 1.10. The molecule has 1 amide bonds. The van der Waals surface area contributed by atoms with E-state index in [0.29, 0.717) is 6.42 Å². The fraction of sp³-hybridized carbons (Fsp3) is 0.900. The molecule has 0 aliphatic heterocycles. The summed E-state index contributed by atoms with van der Waals surface area (Å²) in [4.78, 5) is 11.6. The Morgan fingerprint density at radius 3 is 2.31 bits per heavy atom. The van der Waals surface area contributed by atoms with Crippen molar-refractivity contribution in [3.8, 4) is 0 Å². The molecular formula is C10H19F3N2O. The van der Waals surface area contributed by atoms with Gasteiger partial charge >= 0.3 is 6.18 Å². The molecule has 0 saturated heterocycles. The number of amides is 1. The third-order valence-corrected chi connectivity index (χ3v) is 2.70. The lowest BCUT2D eigenvalue weighted by Gasteiger charge is -2.24. The summed E-state index contributed by atoms with van der Waals surface area (Å²) in [5.41, 5.74) is 4.77. The number of rotatable bonds is 6. The average molecular weight is 240 g/mol. The summed E-state index contributed by atoms with van der Waals surface area (Å²) in [5, 5.41) is 2.48. The number of halogens is 3. The quantitative estimate of drug-likeness (QED) is 0.696. The summed E-state index contributed by atoms with van der Waals surface area (Å²) < 4.78 is 35.4. The molecule has 1 atom stereocenters. The van der Waals surface area contributed by atoms with Gasteiger partial charge in [0.25, 0.3) is 0 Å². The number of alkyl halides is 3. The summed E-state index contributed by atoms with van der Waals surface area (Å²) >= 11 is 0. The molecule has 0 radical (unpaired) electrons. The first kappa shape index (κ1) is 15.2. The van der Waals surface area contributed by atoms with Crippen LogP contribution in [0.1, 0.15) is 33.1 Å². The van der Waals surface area contributed by atoms with E-state index in [1.54, 1.807) is 6.92 Å². The molecule has 0 fully saturated rings. The van der Waals surface area contributed by atoms with Gasteiger partial charge in [-0.3, -0.25) is 4.79 Å². The smallest absolute Gasteiger partial charge is 0.356 e. The Kier molecular flexibility index (Phi) is 5.78. The molecule has 3 N–H and O–H groups in total. The van der Waals surface area contributed by atoms with Crippen LogP contribution in [0.5, 0.6) is 0 Å². The van der Waals surface area contributed by atoms with E-state index in [2.05, 4.69) is 5.32 Å². The van der Waals surface area contributed by atoms with E-state index in [-0.39, 0.29) is 25.4 Å². The van der Waals surface area contributed by atoms with Gasteiger partial charge in [0.2, 0.25) is 5.91 Å². The molecule has 96 valence electrons. The van der Waals surface area contributed by atoms with E-state index in [4.69, 9.17) is 5.73 Å². The lowest BCUT2D eigenvalue weighted by atomic mass is 9.86. The predicted molar refractivity (Wildman–Crippen MR) is 55.8 cm³/mol. The average Bonchev–Trinajstić information content (AvgIpc) is 2.21. The molecule has 6 heteroatoms. The van der Waals surface area contributed by atoms with Crippen molar-refractivity contribution in [1.29, 1.82) is 0 Å². The number of hydrogen-bond acceptors (Lipinski definition) is 2. The third kappa shape index (κ3) is 5.34. The van der Waals surface area contributed by atoms with Crippen LogP contribution in [0, 0.1) is 5.41 Å². The van der Waals surface area contributed by atoms with E-state index in [1.165, 1.54) is 0 Å². The van der Waals surface area contributed by atoms with Gasteiger partial charge in [-0.05, 0) is 19.8 Å². The van der Waals surface area contributed by atoms with E-state index >= 15 is 0 Å². The first-order valence-electron chi connectivity index (χ1n) is 5.30. The van der Waals surface area contributed by atoms with E-state index in [1.807, 2.05) is 6.92 Å². The molecule has 1 unspecified atom stereocenters. The number of carbonyl (C=O) groups is 1. The molecule has 0 aromatic carbocycles. The lowest BCUT2D eigenvalue weighted by molar-refractivity contribution is -0.137. The van der Waals surface area contributed by atoms with Crippen LogP contribution < -0.4 is 11.1 Å². The van der Waals surface area contributed by atoms with Crippen LogP contribution in [0.15, 0.2) is 0 Å². The molecule has 0 aromatic rings. The van der Waals surface area contributed by atoms with Gasteiger partial charge < -0.3 is 11.1 Å². The van der Waals surface area contributed by atoms with E-state index < -0.39 is 18.0 Å². The molecule has 0 rings (SSSR count). The predicted octanol–water partition coefficient (Wildman–Crippen LogP) is 1.82. The Hall–Kier alpha value is -0.780. The second-order valence-corrected chi connectivity index (χ2v) is 4.09. The summed E-state index contributed by atoms with van der Waals surface area (Å²) in [5.74, 6) is -0.278. The number of carbonyl (C=O) groups excluding carboxylic acids is 1. The van der Waals surface area contributed by atoms with Crippen LogP contribution in [-0.2, 0) is 4.79 Å². The summed E-state index contributed by atoms with van der Waals surface area (Å²) in [6.45, 7) is 3.75. The molecule has 0 heterocycles. The molecule has 3 nitrogen and oxygen atoms in total. The number of nitrogens with one attached hydrogen (secondary N) is 1. The lowest BCUT2D eigenvalue weighted by Crippen LogP contribution is -2.43. The van der Waals surface area contributed by atoms with Crippen molar-refractivity contribution in [2.45, 2.75) is 39.3 Å². The van der Waals surface area contributed by atoms with Crippen molar-refractivity contribution in [2.75, 3.05) is 13.1 Å². The van der Waals surface area contributed by atoms with Crippen molar-refractivity contribution < 1.29 is 18.0 Å². The molecule has 16 heavy (non-hydrogen) atoms. The second kappa shape index (κ2) is 6.08. The van der Waals surface area contributed by atoms with Crippen molar-refractivity contribution in [1.82, 2.24) is 5.32 Å². The molecule has 0 aliphatic carbocycles. The topological polar surface area (TPSA) is 55.1 Å². The molecule has 0 aromatic heterocycles. The minimum atomic E-state index is -4.16. The van der Waals surface area contributed by atoms with Crippen LogP contribution in [0.25, 0.3) is 0 Å². The van der Waals surface area contributed by atoms with Gasteiger partial charge in [-0.25, -0.2) is 0 Å². The Labute approximate surface area is 93.6 Å². The Bertz CT molecular complexity index is 225. The van der Waals surface area contributed by atoms with Gasteiger partial charge in [-0.2, -0.15) is 13.2 Å². The largest absolute Gasteiger partial charge is 0.389 e. The van der Waals surface area contributed by atoms with Crippen LogP contribution in [0.3, 0.4) is 0 Å². The standard InChI is InChI=1S/C10H19F3N2O/c1-3-9(2,7-14)8(16)15-6-4-5-10(11,12)13/h3-7,14H2,1-2H3,(H,15,16). The zero-order valence-electron chi connectivity index (χ0n) is 9.66.